The van der Waals surface area contributed by atoms with E-state index in [9.17, 15) is 13.6 Å². The molecule has 0 radical (unpaired) electrons. The number of ether oxygens (including phenoxy) is 2. The van der Waals surface area contributed by atoms with Gasteiger partial charge in [-0.2, -0.15) is 0 Å². The van der Waals surface area contributed by atoms with Gasteiger partial charge in [0.1, 0.15) is 29.1 Å². The van der Waals surface area contributed by atoms with E-state index in [1.807, 2.05) is 0 Å². The second-order valence-electron chi connectivity index (χ2n) is 5.86. The third-order valence-corrected chi connectivity index (χ3v) is 3.96. The molecule has 0 aliphatic carbocycles. The van der Waals surface area contributed by atoms with Gasteiger partial charge in [-0.05, 0) is 53.6 Å². The first-order chi connectivity index (χ1) is 13.0. The molecule has 0 spiro atoms. The van der Waals surface area contributed by atoms with E-state index < -0.39 is 23.7 Å². The first kappa shape index (κ1) is 18.4. The standard InChI is InChI=1S/C21H17F2NO3/c1-26-21(25)18-12-17(24)8-9-19(18)27-20(13-4-2-6-15(22)10-13)14-5-3-7-16(23)11-14/h2-12,20H,24H2,1H3. The number of carbonyl (C=O) groups is 1. The molecule has 0 heterocycles. The summed E-state index contributed by atoms with van der Waals surface area (Å²) >= 11 is 0. The number of nitrogen functional groups attached to an aromatic ring is 1. The summed E-state index contributed by atoms with van der Waals surface area (Å²) in [6.07, 6.45) is -0.844. The van der Waals surface area contributed by atoms with Crippen LogP contribution in [0.25, 0.3) is 0 Å². The largest absolute Gasteiger partial charge is 0.480 e. The predicted molar refractivity (Wildman–Crippen MR) is 97.5 cm³/mol. The van der Waals surface area contributed by atoms with Crippen LogP contribution in [0.4, 0.5) is 14.5 Å². The van der Waals surface area contributed by atoms with E-state index in [1.54, 1.807) is 18.2 Å². The lowest BCUT2D eigenvalue weighted by molar-refractivity contribution is 0.0594. The summed E-state index contributed by atoms with van der Waals surface area (Å²) in [5.74, 6) is -1.35. The molecule has 138 valence electrons. The lowest BCUT2D eigenvalue weighted by Gasteiger charge is -2.22. The van der Waals surface area contributed by atoms with Gasteiger partial charge >= 0.3 is 5.97 Å². The number of carbonyl (C=O) groups excluding carboxylic acids is 1. The van der Waals surface area contributed by atoms with Crippen molar-refractivity contribution in [3.8, 4) is 5.75 Å². The number of benzene rings is 3. The van der Waals surface area contributed by atoms with Crippen LogP contribution in [-0.2, 0) is 4.74 Å². The monoisotopic (exact) mass is 369 g/mol. The predicted octanol–water partition coefficient (Wildman–Crippen LogP) is 4.50. The summed E-state index contributed by atoms with van der Waals surface area (Å²) in [5.41, 5.74) is 7.16. The minimum Gasteiger partial charge on any atom is -0.480 e. The molecule has 0 saturated carbocycles. The molecule has 0 amide bonds. The molecule has 0 atom stereocenters. The smallest absolute Gasteiger partial charge is 0.341 e. The maximum Gasteiger partial charge on any atom is 0.341 e. The Bertz CT molecular complexity index is 930. The number of hydrogen-bond acceptors (Lipinski definition) is 4. The Morgan fingerprint density at radius 1 is 0.926 bits per heavy atom. The molecule has 0 aromatic heterocycles. The zero-order valence-electron chi connectivity index (χ0n) is 14.5. The molecule has 3 rings (SSSR count). The summed E-state index contributed by atoms with van der Waals surface area (Å²) in [4.78, 5) is 12.1. The van der Waals surface area contributed by atoms with Gasteiger partial charge in [0.2, 0.25) is 0 Å². The van der Waals surface area contributed by atoms with E-state index in [0.717, 1.165) is 0 Å². The summed E-state index contributed by atoms with van der Waals surface area (Å²) in [7, 11) is 1.24. The second-order valence-corrected chi connectivity index (χ2v) is 5.86. The number of esters is 1. The molecular formula is C21H17F2NO3. The van der Waals surface area contributed by atoms with Crippen LogP contribution in [0.3, 0.4) is 0 Å². The van der Waals surface area contributed by atoms with Crippen LogP contribution in [0, 0.1) is 11.6 Å². The lowest BCUT2D eigenvalue weighted by atomic mass is 10.0. The van der Waals surface area contributed by atoms with Gasteiger partial charge in [0.05, 0.1) is 7.11 Å². The molecule has 0 unspecified atom stereocenters. The summed E-state index contributed by atoms with van der Waals surface area (Å²) in [6.45, 7) is 0. The molecule has 0 saturated heterocycles. The van der Waals surface area contributed by atoms with E-state index in [2.05, 4.69) is 0 Å². The molecule has 0 bridgehead atoms. The third kappa shape index (κ3) is 4.23. The first-order valence-corrected chi connectivity index (χ1v) is 8.13. The molecule has 0 aliphatic heterocycles. The topological polar surface area (TPSA) is 61.5 Å². The van der Waals surface area contributed by atoms with Crippen LogP contribution in [-0.4, -0.2) is 13.1 Å². The van der Waals surface area contributed by atoms with Crippen molar-refractivity contribution >= 4 is 11.7 Å². The zero-order chi connectivity index (χ0) is 19.4. The molecule has 0 aliphatic rings. The van der Waals surface area contributed by atoms with Crippen molar-refractivity contribution in [3.63, 3.8) is 0 Å². The van der Waals surface area contributed by atoms with Gasteiger partial charge in [0.15, 0.2) is 0 Å². The average molecular weight is 369 g/mol. The third-order valence-electron chi connectivity index (χ3n) is 3.96. The van der Waals surface area contributed by atoms with Crippen LogP contribution >= 0.6 is 0 Å². The Hall–Kier alpha value is -3.41. The van der Waals surface area contributed by atoms with Crippen LogP contribution in [0.2, 0.25) is 0 Å². The number of anilines is 1. The van der Waals surface area contributed by atoms with E-state index in [1.165, 1.54) is 55.6 Å². The summed E-state index contributed by atoms with van der Waals surface area (Å²) in [5, 5.41) is 0. The number of halogens is 2. The van der Waals surface area contributed by atoms with Crippen molar-refractivity contribution in [1.29, 1.82) is 0 Å². The summed E-state index contributed by atoms with van der Waals surface area (Å²) in [6, 6.07) is 16.1. The van der Waals surface area contributed by atoms with E-state index in [0.29, 0.717) is 16.8 Å². The highest BCUT2D eigenvalue weighted by Crippen LogP contribution is 2.32. The van der Waals surface area contributed by atoms with Gasteiger partial charge in [-0.25, -0.2) is 13.6 Å². The van der Waals surface area contributed by atoms with Gasteiger partial charge < -0.3 is 15.2 Å². The maximum atomic E-state index is 13.8. The zero-order valence-corrected chi connectivity index (χ0v) is 14.5. The van der Waals surface area contributed by atoms with Crippen molar-refractivity contribution in [3.05, 3.63) is 95.1 Å². The second kappa shape index (κ2) is 7.86. The molecular weight excluding hydrogens is 352 g/mol. The fourth-order valence-corrected chi connectivity index (χ4v) is 2.71. The molecule has 4 nitrogen and oxygen atoms in total. The fraction of sp³-hybridized carbons (Fsp3) is 0.0952. The molecule has 6 heteroatoms. The van der Waals surface area contributed by atoms with E-state index >= 15 is 0 Å². The Kier molecular flexibility index (Phi) is 5.35. The Morgan fingerprint density at radius 2 is 1.52 bits per heavy atom. The van der Waals surface area contributed by atoms with Crippen LogP contribution in [0.5, 0.6) is 5.75 Å². The van der Waals surface area contributed by atoms with Crippen LogP contribution < -0.4 is 10.5 Å². The van der Waals surface area contributed by atoms with Crippen LogP contribution in [0.1, 0.15) is 27.6 Å². The number of rotatable bonds is 5. The Morgan fingerprint density at radius 3 is 2.04 bits per heavy atom. The molecule has 3 aromatic rings. The van der Waals surface area contributed by atoms with E-state index in [-0.39, 0.29) is 11.3 Å². The average Bonchev–Trinajstić information content (AvgIpc) is 2.66. The van der Waals surface area contributed by atoms with Gasteiger partial charge in [0, 0.05) is 5.69 Å². The number of hydrogen-bond donors (Lipinski definition) is 1. The van der Waals surface area contributed by atoms with Crippen molar-refractivity contribution in [2.24, 2.45) is 0 Å². The first-order valence-electron chi connectivity index (χ1n) is 8.13. The lowest BCUT2D eigenvalue weighted by Crippen LogP contribution is -2.13. The van der Waals surface area contributed by atoms with Gasteiger partial charge in [-0.3, -0.25) is 0 Å². The quantitative estimate of drug-likeness (QED) is 0.531. The highest BCUT2D eigenvalue weighted by Gasteiger charge is 2.21. The Labute approximate surface area is 155 Å². The van der Waals surface area contributed by atoms with Crippen molar-refractivity contribution in [1.82, 2.24) is 0 Å². The fourth-order valence-electron chi connectivity index (χ4n) is 2.71. The van der Waals surface area contributed by atoms with Gasteiger partial charge in [-0.15, -0.1) is 0 Å². The summed E-state index contributed by atoms with van der Waals surface area (Å²) < 4.78 is 38.3. The number of methoxy groups -OCH3 is 1. The molecule has 0 fully saturated rings. The van der Waals surface area contributed by atoms with E-state index in [4.69, 9.17) is 15.2 Å². The van der Waals surface area contributed by atoms with Crippen molar-refractivity contribution < 1.29 is 23.0 Å². The highest BCUT2D eigenvalue weighted by atomic mass is 19.1. The molecule has 3 aromatic carbocycles. The highest BCUT2D eigenvalue weighted by molar-refractivity contribution is 5.93. The van der Waals surface area contributed by atoms with Crippen molar-refractivity contribution in [2.45, 2.75) is 6.10 Å². The SMILES string of the molecule is COC(=O)c1cc(N)ccc1OC(c1cccc(F)c1)c1cccc(F)c1. The normalized spacial score (nSPS) is 10.7. The minimum atomic E-state index is -0.844. The minimum absolute atomic E-state index is 0.121. The number of nitrogens with two attached hydrogens (primary N) is 1. The van der Waals surface area contributed by atoms with Crippen molar-refractivity contribution in [2.75, 3.05) is 12.8 Å². The van der Waals surface area contributed by atoms with Gasteiger partial charge in [-0.1, -0.05) is 24.3 Å². The Balaban J connectivity index is 2.09. The van der Waals surface area contributed by atoms with Gasteiger partial charge in [0.25, 0.3) is 0 Å². The maximum absolute atomic E-state index is 13.8. The molecule has 2 N–H and O–H groups in total. The molecule has 27 heavy (non-hydrogen) atoms. The van der Waals surface area contributed by atoms with Crippen LogP contribution in [0.15, 0.2) is 66.7 Å².